The van der Waals surface area contributed by atoms with Crippen molar-refractivity contribution < 1.29 is 13.2 Å². The van der Waals surface area contributed by atoms with Gasteiger partial charge in [-0.3, -0.25) is 4.79 Å². The number of rotatable bonds is 8. The highest BCUT2D eigenvalue weighted by Crippen LogP contribution is 2.25. The Morgan fingerprint density at radius 1 is 0.935 bits per heavy atom. The van der Waals surface area contributed by atoms with Crippen molar-refractivity contribution in [3.05, 3.63) is 60.6 Å². The van der Waals surface area contributed by atoms with Gasteiger partial charge in [-0.15, -0.1) is 0 Å². The maximum absolute atomic E-state index is 12.6. The number of sulfonamides is 1. The number of benzene rings is 1. The number of anilines is 4. The third-order valence-corrected chi connectivity index (χ3v) is 6.05. The highest BCUT2D eigenvalue weighted by molar-refractivity contribution is 7.89. The molecule has 0 bridgehead atoms. The first-order valence-electron chi connectivity index (χ1n) is 9.66. The van der Waals surface area contributed by atoms with Gasteiger partial charge in [-0.25, -0.2) is 28.1 Å². The van der Waals surface area contributed by atoms with Crippen molar-refractivity contribution in [1.82, 2.24) is 19.7 Å². The number of aromatic nitrogens is 3. The van der Waals surface area contributed by atoms with Gasteiger partial charge in [0.05, 0.1) is 4.90 Å². The van der Waals surface area contributed by atoms with E-state index < -0.39 is 10.0 Å². The van der Waals surface area contributed by atoms with Crippen LogP contribution in [-0.4, -0.2) is 42.4 Å². The molecule has 10 nitrogen and oxygen atoms in total. The first-order chi connectivity index (χ1) is 15.0. The summed E-state index contributed by atoms with van der Waals surface area (Å²) in [6, 6.07) is 11.9. The topological polar surface area (TPSA) is 138 Å². The molecule has 2 aromatic heterocycles. The lowest BCUT2D eigenvalue weighted by Gasteiger charge is -2.17. The van der Waals surface area contributed by atoms with Crippen molar-refractivity contribution in [2.75, 3.05) is 29.0 Å². The summed E-state index contributed by atoms with van der Waals surface area (Å²) in [5, 5.41) is 8.88. The molecule has 0 atom stereocenters. The molecule has 31 heavy (non-hydrogen) atoms. The van der Waals surface area contributed by atoms with Gasteiger partial charge in [-0.1, -0.05) is 6.07 Å². The number of carbonyl (C=O) groups excluding carboxylic acids is 1. The van der Waals surface area contributed by atoms with Gasteiger partial charge < -0.3 is 16.0 Å². The number of hydrogen-bond acceptors (Lipinski definition) is 8. The highest BCUT2D eigenvalue weighted by atomic mass is 32.2. The molecule has 0 saturated heterocycles. The van der Waals surface area contributed by atoms with Crippen LogP contribution in [0.5, 0.6) is 0 Å². The molecule has 0 saturated carbocycles. The summed E-state index contributed by atoms with van der Waals surface area (Å²) in [6.45, 7) is 0.503. The number of pyridine rings is 1. The predicted octanol–water partition coefficient (Wildman–Crippen LogP) is 1.89. The van der Waals surface area contributed by atoms with Crippen LogP contribution in [0.15, 0.2) is 59.9 Å². The van der Waals surface area contributed by atoms with Gasteiger partial charge in [0, 0.05) is 37.5 Å². The minimum atomic E-state index is -3.67. The number of nitrogens with zero attached hydrogens (tertiary/aromatic N) is 3. The number of hydrogen-bond donors (Lipinski definition) is 4. The molecule has 160 valence electrons. The molecular formula is C20H21N7O3S. The van der Waals surface area contributed by atoms with Gasteiger partial charge in [0.1, 0.15) is 23.8 Å². The average Bonchev–Trinajstić information content (AvgIpc) is 2.77. The van der Waals surface area contributed by atoms with Crippen molar-refractivity contribution in [2.45, 2.75) is 17.7 Å². The maximum Gasteiger partial charge on any atom is 0.240 e. The third-order valence-electron chi connectivity index (χ3n) is 4.59. The number of amides is 1. The lowest BCUT2D eigenvalue weighted by atomic mass is 10.0. The molecule has 1 aliphatic rings. The van der Waals surface area contributed by atoms with E-state index in [2.05, 4.69) is 35.6 Å². The monoisotopic (exact) mass is 439 g/mol. The van der Waals surface area contributed by atoms with E-state index in [-0.39, 0.29) is 17.3 Å². The van der Waals surface area contributed by atoms with E-state index in [1.165, 1.54) is 12.4 Å². The minimum Gasteiger partial charge on any atom is -0.369 e. The maximum atomic E-state index is 12.6. The van der Waals surface area contributed by atoms with Gasteiger partial charge in [0.25, 0.3) is 0 Å². The number of fused-ring (bicyclic) bond motifs is 1. The molecule has 0 fully saturated rings. The minimum absolute atomic E-state index is 0.0598. The second kappa shape index (κ2) is 9.06. The van der Waals surface area contributed by atoms with Gasteiger partial charge in [0.2, 0.25) is 15.9 Å². The molecule has 0 radical (unpaired) electrons. The van der Waals surface area contributed by atoms with Crippen LogP contribution in [0.25, 0.3) is 0 Å². The predicted molar refractivity (Wildman–Crippen MR) is 117 cm³/mol. The Hall–Kier alpha value is -3.57. The van der Waals surface area contributed by atoms with E-state index in [0.717, 1.165) is 5.56 Å². The molecular weight excluding hydrogens is 418 g/mol. The third kappa shape index (κ3) is 5.32. The van der Waals surface area contributed by atoms with E-state index in [1.807, 2.05) is 18.2 Å². The number of carbonyl (C=O) groups is 1. The standard InChI is InChI=1S/C20H21N7O3S/c28-20-7-4-14-11-15(5-6-16(14)26-20)31(29,30)25-10-9-22-18-12-19(24-13-23-18)27-17-3-1-2-8-21-17/h1-3,5-6,8,11-13,25H,4,7,9-10H2,(H,26,28)(H2,21,22,23,24,27). The lowest BCUT2D eigenvalue weighted by molar-refractivity contribution is -0.116. The number of nitrogens with one attached hydrogen (secondary N) is 4. The molecule has 0 aliphatic carbocycles. The fraction of sp³-hybridized carbons (Fsp3) is 0.200. The zero-order valence-electron chi connectivity index (χ0n) is 16.5. The van der Waals surface area contributed by atoms with Crippen molar-refractivity contribution >= 4 is 39.1 Å². The second-order valence-electron chi connectivity index (χ2n) is 6.82. The summed E-state index contributed by atoms with van der Waals surface area (Å²) >= 11 is 0. The second-order valence-corrected chi connectivity index (χ2v) is 8.59. The molecule has 1 aromatic carbocycles. The summed E-state index contributed by atoms with van der Waals surface area (Å²) in [5.74, 6) is 1.72. The quantitative estimate of drug-likeness (QED) is 0.391. The van der Waals surface area contributed by atoms with Gasteiger partial charge in [-0.2, -0.15) is 0 Å². The van der Waals surface area contributed by atoms with E-state index in [4.69, 9.17) is 0 Å². The van der Waals surface area contributed by atoms with Crippen molar-refractivity contribution in [1.29, 1.82) is 0 Å². The van der Waals surface area contributed by atoms with E-state index in [0.29, 0.717) is 42.5 Å². The van der Waals surface area contributed by atoms with E-state index in [1.54, 1.807) is 24.4 Å². The zero-order valence-corrected chi connectivity index (χ0v) is 17.3. The van der Waals surface area contributed by atoms with Crippen LogP contribution < -0.4 is 20.7 Å². The van der Waals surface area contributed by atoms with Crippen LogP contribution in [0.2, 0.25) is 0 Å². The molecule has 3 heterocycles. The van der Waals surface area contributed by atoms with Crippen LogP contribution in [0.1, 0.15) is 12.0 Å². The average molecular weight is 440 g/mol. The van der Waals surface area contributed by atoms with Gasteiger partial charge >= 0.3 is 0 Å². The fourth-order valence-corrected chi connectivity index (χ4v) is 4.16. The molecule has 4 N–H and O–H groups in total. The van der Waals surface area contributed by atoms with Gasteiger partial charge in [-0.05, 0) is 42.3 Å². The molecule has 0 unspecified atom stereocenters. The Kier molecular flexibility index (Phi) is 6.05. The normalized spacial score (nSPS) is 13.2. The van der Waals surface area contributed by atoms with Crippen LogP contribution >= 0.6 is 0 Å². The fourth-order valence-electron chi connectivity index (χ4n) is 3.08. The molecule has 0 spiro atoms. The zero-order chi connectivity index (χ0) is 21.7. The SMILES string of the molecule is O=C1CCc2cc(S(=O)(=O)NCCNc3cc(Nc4ccccn4)ncn3)ccc2N1. The van der Waals surface area contributed by atoms with Crippen LogP contribution in [-0.2, 0) is 21.2 Å². The summed E-state index contributed by atoms with van der Waals surface area (Å²) in [6.07, 6.45) is 3.95. The summed E-state index contributed by atoms with van der Waals surface area (Å²) in [7, 11) is -3.67. The molecule has 1 amide bonds. The number of aryl methyl sites for hydroxylation is 1. The summed E-state index contributed by atoms with van der Waals surface area (Å²) in [4.78, 5) is 24.1. The molecule has 11 heteroatoms. The Bertz CT molecular complexity index is 1190. The van der Waals surface area contributed by atoms with E-state index in [9.17, 15) is 13.2 Å². The lowest BCUT2D eigenvalue weighted by Crippen LogP contribution is -2.29. The first kappa shape index (κ1) is 20.7. The summed E-state index contributed by atoms with van der Waals surface area (Å²) in [5.41, 5.74) is 1.48. The van der Waals surface area contributed by atoms with Crippen molar-refractivity contribution in [3.63, 3.8) is 0 Å². The first-order valence-corrected chi connectivity index (χ1v) is 11.1. The van der Waals surface area contributed by atoms with Crippen molar-refractivity contribution in [2.24, 2.45) is 0 Å². The Morgan fingerprint density at radius 3 is 2.65 bits per heavy atom. The Labute approximate surface area is 179 Å². The van der Waals surface area contributed by atoms with E-state index >= 15 is 0 Å². The van der Waals surface area contributed by atoms with Gasteiger partial charge in [0.15, 0.2) is 0 Å². The summed E-state index contributed by atoms with van der Waals surface area (Å²) < 4.78 is 27.7. The molecule has 1 aliphatic heterocycles. The van der Waals surface area contributed by atoms with Crippen LogP contribution in [0, 0.1) is 0 Å². The smallest absolute Gasteiger partial charge is 0.240 e. The Balaban J connectivity index is 1.31. The molecule has 3 aromatic rings. The molecule has 4 rings (SSSR count). The highest BCUT2D eigenvalue weighted by Gasteiger charge is 2.19. The Morgan fingerprint density at radius 2 is 1.81 bits per heavy atom. The largest absolute Gasteiger partial charge is 0.369 e. The van der Waals surface area contributed by atoms with Crippen LogP contribution in [0.4, 0.5) is 23.1 Å². The van der Waals surface area contributed by atoms with Crippen molar-refractivity contribution in [3.8, 4) is 0 Å². The van der Waals surface area contributed by atoms with Crippen LogP contribution in [0.3, 0.4) is 0 Å².